The first-order chi connectivity index (χ1) is 12.6. The van der Waals surface area contributed by atoms with Gasteiger partial charge in [-0.3, -0.25) is 4.79 Å². The van der Waals surface area contributed by atoms with Crippen molar-refractivity contribution in [1.29, 1.82) is 0 Å². The summed E-state index contributed by atoms with van der Waals surface area (Å²) < 4.78 is 11.4. The van der Waals surface area contributed by atoms with Crippen molar-refractivity contribution in [3.05, 3.63) is 35.4 Å². The third-order valence-electron chi connectivity index (χ3n) is 6.12. The summed E-state index contributed by atoms with van der Waals surface area (Å²) in [6.45, 7) is 4.17. The van der Waals surface area contributed by atoms with E-state index >= 15 is 0 Å². The van der Waals surface area contributed by atoms with Crippen LogP contribution in [0.15, 0.2) is 24.3 Å². The predicted octanol–water partition coefficient (Wildman–Crippen LogP) is 4.83. The van der Waals surface area contributed by atoms with Gasteiger partial charge in [0.2, 0.25) is 0 Å². The van der Waals surface area contributed by atoms with Crippen LogP contribution in [-0.4, -0.2) is 24.6 Å². The monoisotopic (exact) mass is 358 g/mol. The van der Waals surface area contributed by atoms with Gasteiger partial charge < -0.3 is 9.47 Å². The lowest BCUT2D eigenvalue weighted by Crippen LogP contribution is -2.48. The van der Waals surface area contributed by atoms with Gasteiger partial charge in [-0.25, -0.2) is 4.79 Å². The molecule has 0 bridgehead atoms. The van der Waals surface area contributed by atoms with Crippen molar-refractivity contribution in [2.45, 2.75) is 71.3 Å². The fraction of sp³-hybridized carbons (Fsp3) is 0.636. The van der Waals surface area contributed by atoms with E-state index in [1.165, 1.54) is 6.42 Å². The molecule has 1 aromatic rings. The summed E-state index contributed by atoms with van der Waals surface area (Å²) in [7, 11) is 0. The Balaban J connectivity index is 1.85. The van der Waals surface area contributed by atoms with Gasteiger partial charge in [-0.1, -0.05) is 37.0 Å². The molecular weight excluding hydrogens is 328 g/mol. The van der Waals surface area contributed by atoms with Gasteiger partial charge in [0.15, 0.2) is 0 Å². The predicted molar refractivity (Wildman–Crippen MR) is 99.9 cm³/mol. The van der Waals surface area contributed by atoms with E-state index in [9.17, 15) is 9.59 Å². The molecule has 0 radical (unpaired) electrons. The Morgan fingerprint density at radius 1 is 1.12 bits per heavy atom. The maximum atomic E-state index is 13.0. The van der Waals surface area contributed by atoms with Gasteiger partial charge in [0, 0.05) is 0 Å². The molecule has 2 aliphatic carbocycles. The second-order valence-corrected chi connectivity index (χ2v) is 7.75. The van der Waals surface area contributed by atoms with Crippen LogP contribution in [0.25, 0.3) is 0 Å². The van der Waals surface area contributed by atoms with Gasteiger partial charge in [0.1, 0.15) is 11.5 Å². The molecule has 0 N–H and O–H groups in total. The molecule has 26 heavy (non-hydrogen) atoms. The Labute approximate surface area is 156 Å². The number of rotatable bonds is 5. The van der Waals surface area contributed by atoms with Crippen LogP contribution >= 0.6 is 0 Å². The Hall–Kier alpha value is -1.84. The molecule has 142 valence electrons. The molecule has 2 unspecified atom stereocenters. The summed E-state index contributed by atoms with van der Waals surface area (Å²) in [5, 5.41) is 0. The Morgan fingerprint density at radius 2 is 1.88 bits per heavy atom. The molecule has 2 atom stereocenters. The van der Waals surface area contributed by atoms with Crippen molar-refractivity contribution in [2.24, 2.45) is 11.3 Å². The van der Waals surface area contributed by atoms with Crippen molar-refractivity contribution >= 4 is 11.9 Å². The molecule has 2 fully saturated rings. The minimum atomic E-state index is -0.657. The molecule has 0 aromatic heterocycles. The lowest BCUT2D eigenvalue weighted by Gasteiger charge is -2.41. The first kappa shape index (κ1) is 18.9. The zero-order chi connectivity index (χ0) is 18.6. The van der Waals surface area contributed by atoms with Crippen LogP contribution in [0, 0.1) is 18.3 Å². The van der Waals surface area contributed by atoms with Gasteiger partial charge in [0.25, 0.3) is 0 Å². The molecule has 0 aliphatic heterocycles. The SMILES string of the molecule is CCOC(=O)C1(C2CCCCC2)CCCC1OC(=O)c1cccc(C)c1. The van der Waals surface area contributed by atoms with Gasteiger partial charge in [0.05, 0.1) is 12.2 Å². The minimum absolute atomic E-state index is 0.161. The maximum Gasteiger partial charge on any atom is 0.338 e. The molecule has 2 saturated carbocycles. The second-order valence-electron chi connectivity index (χ2n) is 7.75. The standard InChI is InChI=1S/C22H30O4/c1-3-25-21(24)22(18-11-5-4-6-12-18)14-8-13-19(22)26-20(23)17-10-7-9-16(2)15-17/h7,9-10,15,18-19H,3-6,8,11-14H2,1-2H3. The summed E-state index contributed by atoms with van der Waals surface area (Å²) in [6.07, 6.45) is 7.60. The van der Waals surface area contributed by atoms with Crippen molar-refractivity contribution in [2.75, 3.05) is 6.61 Å². The highest BCUT2D eigenvalue weighted by Crippen LogP contribution is 2.52. The van der Waals surface area contributed by atoms with Crippen molar-refractivity contribution < 1.29 is 19.1 Å². The van der Waals surface area contributed by atoms with E-state index in [4.69, 9.17) is 9.47 Å². The van der Waals surface area contributed by atoms with Crippen molar-refractivity contribution in [1.82, 2.24) is 0 Å². The van der Waals surface area contributed by atoms with E-state index in [1.54, 1.807) is 6.07 Å². The van der Waals surface area contributed by atoms with Gasteiger partial charge in [-0.2, -0.15) is 0 Å². The van der Waals surface area contributed by atoms with Crippen LogP contribution in [-0.2, 0) is 14.3 Å². The average molecular weight is 358 g/mol. The van der Waals surface area contributed by atoms with E-state index in [0.29, 0.717) is 12.2 Å². The summed E-state index contributed by atoms with van der Waals surface area (Å²) >= 11 is 0. The number of ether oxygens (including phenoxy) is 2. The van der Waals surface area contributed by atoms with Crippen LogP contribution in [0.5, 0.6) is 0 Å². The average Bonchev–Trinajstić information content (AvgIpc) is 3.07. The van der Waals surface area contributed by atoms with Gasteiger partial charge in [-0.15, -0.1) is 0 Å². The highest BCUT2D eigenvalue weighted by atomic mass is 16.6. The summed E-state index contributed by atoms with van der Waals surface area (Å²) in [4.78, 5) is 25.8. The van der Waals surface area contributed by atoms with E-state index in [0.717, 1.165) is 50.5 Å². The third kappa shape index (κ3) is 3.65. The summed E-state index contributed by atoms with van der Waals surface area (Å²) in [6, 6.07) is 7.43. The molecule has 1 aromatic carbocycles. The lowest BCUT2D eigenvalue weighted by molar-refractivity contribution is -0.168. The van der Waals surface area contributed by atoms with Crippen LogP contribution in [0.3, 0.4) is 0 Å². The van der Waals surface area contributed by atoms with Gasteiger partial charge >= 0.3 is 11.9 Å². The smallest absolute Gasteiger partial charge is 0.338 e. The van der Waals surface area contributed by atoms with Gasteiger partial charge in [-0.05, 0) is 64.0 Å². The van der Waals surface area contributed by atoms with Crippen molar-refractivity contribution in [3.8, 4) is 0 Å². The topological polar surface area (TPSA) is 52.6 Å². The lowest BCUT2D eigenvalue weighted by atomic mass is 9.66. The molecule has 0 heterocycles. The van der Waals surface area contributed by atoms with E-state index in [1.807, 2.05) is 32.0 Å². The third-order valence-corrected chi connectivity index (χ3v) is 6.12. The number of aryl methyl sites for hydroxylation is 1. The Kier molecular flexibility index (Phi) is 6.00. The largest absolute Gasteiger partial charge is 0.465 e. The molecule has 4 heteroatoms. The van der Waals surface area contributed by atoms with Crippen LogP contribution < -0.4 is 0 Å². The molecular formula is C22H30O4. The minimum Gasteiger partial charge on any atom is -0.465 e. The molecule has 4 nitrogen and oxygen atoms in total. The maximum absolute atomic E-state index is 13.0. The van der Waals surface area contributed by atoms with Crippen molar-refractivity contribution in [3.63, 3.8) is 0 Å². The highest BCUT2D eigenvalue weighted by Gasteiger charge is 2.57. The number of hydrogen-bond donors (Lipinski definition) is 0. The number of esters is 2. The van der Waals surface area contributed by atoms with E-state index in [-0.39, 0.29) is 24.0 Å². The molecule has 2 aliphatic rings. The fourth-order valence-corrected chi connectivity index (χ4v) is 4.88. The van der Waals surface area contributed by atoms with Crippen LogP contribution in [0.1, 0.15) is 74.2 Å². The number of carbonyl (C=O) groups excluding carboxylic acids is 2. The first-order valence-electron chi connectivity index (χ1n) is 10.0. The zero-order valence-electron chi connectivity index (χ0n) is 16.0. The molecule has 0 amide bonds. The van der Waals surface area contributed by atoms with E-state index < -0.39 is 5.41 Å². The molecule has 0 saturated heterocycles. The summed E-state index contributed by atoms with van der Waals surface area (Å²) in [5.74, 6) is -0.232. The number of benzene rings is 1. The number of hydrogen-bond acceptors (Lipinski definition) is 4. The number of carbonyl (C=O) groups is 2. The normalized spacial score (nSPS) is 26.5. The highest BCUT2D eigenvalue weighted by molar-refractivity contribution is 5.90. The summed E-state index contributed by atoms with van der Waals surface area (Å²) in [5.41, 5.74) is 0.920. The quantitative estimate of drug-likeness (QED) is 0.707. The molecule has 3 rings (SSSR count). The Morgan fingerprint density at radius 3 is 2.58 bits per heavy atom. The first-order valence-corrected chi connectivity index (χ1v) is 10.0. The Bertz CT molecular complexity index is 647. The van der Waals surface area contributed by atoms with Crippen LogP contribution in [0.2, 0.25) is 0 Å². The molecule has 0 spiro atoms. The zero-order valence-corrected chi connectivity index (χ0v) is 16.0. The van der Waals surface area contributed by atoms with E-state index in [2.05, 4.69) is 0 Å². The fourth-order valence-electron chi connectivity index (χ4n) is 4.88. The second kappa shape index (κ2) is 8.24. The van der Waals surface area contributed by atoms with Crippen LogP contribution in [0.4, 0.5) is 0 Å².